The van der Waals surface area contributed by atoms with Crippen LogP contribution < -0.4 is 5.32 Å². The van der Waals surface area contributed by atoms with Gasteiger partial charge in [-0.3, -0.25) is 4.79 Å². The third-order valence-corrected chi connectivity index (χ3v) is 4.46. The Hall–Kier alpha value is -3.34. The Morgan fingerprint density at radius 3 is 2.72 bits per heavy atom. The summed E-state index contributed by atoms with van der Waals surface area (Å²) in [6.07, 6.45) is 4.06. The van der Waals surface area contributed by atoms with Crippen molar-refractivity contribution in [2.45, 2.75) is 53.6 Å². The Bertz CT molecular complexity index is 960. The molecule has 2 aromatic rings. The molecule has 2 heterocycles. The fraction of sp³-hybridized carbons (Fsp3) is 0.429. The Balaban J connectivity index is 2.04. The largest absolute Gasteiger partial charge is 0.451 e. The van der Waals surface area contributed by atoms with E-state index in [1.54, 1.807) is 16.9 Å². The fourth-order valence-electron chi connectivity index (χ4n) is 3.05. The van der Waals surface area contributed by atoms with E-state index in [1.807, 2.05) is 39.8 Å². The van der Waals surface area contributed by atoms with Gasteiger partial charge >= 0.3 is 5.97 Å². The molecule has 0 radical (unpaired) electrons. The van der Waals surface area contributed by atoms with Gasteiger partial charge in [0, 0.05) is 30.0 Å². The highest BCUT2D eigenvalue weighted by Crippen LogP contribution is 2.19. The minimum atomic E-state index is -0.833. The second-order valence-corrected chi connectivity index (χ2v) is 7.03. The minimum absolute atomic E-state index is 0.0719. The van der Waals surface area contributed by atoms with Gasteiger partial charge in [-0.05, 0) is 51.8 Å². The molecule has 0 saturated heterocycles. The number of anilines is 1. The second-order valence-electron chi connectivity index (χ2n) is 7.03. The molecule has 0 fully saturated rings. The lowest BCUT2D eigenvalue weighted by molar-refractivity contribution is -0.142. The number of carbonyl (C=O) groups excluding carboxylic acids is 2. The number of hydrogen-bond acceptors (Lipinski definition) is 5. The van der Waals surface area contributed by atoms with E-state index in [1.165, 1.54) is 6.08 Å². The van der Waals surface area contributed by atoms with Crippen LogP contribution in [0.3, 0.4) is 0 Å². The number of amides is 1. The molecular formula is C21H27N5O3. The predicted molar refractivity (Wildman–Crippen MR) is 110 cm³/mol. The summed E-state index contributed by atoms with van der Waals surface area (Å²) in [7, 11) is 0. The molecular weight excluding hydrogens is 370 g/mol. The minimum Gasteiger partial charge on any atom is -0.451 e. The van der Waals surface area contributed by atoms with Gasteiger partial charge in [-0.15, -0.1) is 0 Å². The molecule has 0 atom stereocenters. The van der Waals surface area contributed by atoms with Gasteiger partial charge in [0.2, 0.25) is 0 Å². The SMILES string of the molecule is CCCn1c(C)cc(/C=C(\C#N)C(=O)OCC(=O)Nc2ccnn2C(C)C)c1C. The molecule has 2 aromatic heterocycles. The quantitative estimate of drug-likeness (QED) is 0.418. The summed E-state index contributed by atoms with van der Waals surface area (Å²) in [4.78, 5) is 24.4. The first-order valence-electron chi connectivity index (χ1n) is 9.57. The molecule has 29 heavy (non-hydrogen) atoms. The van der Waals surface area contributed by atoms with E-state index in [0.717, 1.165) is 29.9 Å². The molecule has 1 amide bonds. The van der Waals surface area contributed by atoms with E-state index in [2.05, 4.69) is 21.9 Å². The second kappa shape index (κ2) is 9.73. The van der Waals surface area contributed by atoms with E-state index in [9.17, 15) is 14.9 Å². The maximum Gasteiger partial charge on any atom is 0.349 e. The first-order chi connectivity index (χ1) is 13.8. The molecule has 8 nitrogen and oxygen atoms in total. The number of nitriles is 1. The maximum atomic E-state index is 12.3. The molecule has 154 valence electrons. The normalized spacial score (nSPS) is 11.4. The molecule has 0 saturated carbocycles. The zero-order chi connectivity index (χ0) is 21.6. The van der Waals surface area contributed by atoms with Crippen LogP contribution in [-0.4, -0.2) is 32.8 Å². The Morgan fingerprint density at radius 1 is 1.38 bits per heavy atom. The van der Waals surface area contributed by atoms with Crippen LogP contribution in [0.15, 0.2) is 23.9 Å². The van der Waals surface area contributed by atoms with Crippen LogP contribution in [0.5, 0.6) is 0 Å². The van der Waals surface area contributed by atoms with Crippen LogP contribution in [0.2, 0.25) is 0 Å². The standard InChI is InChI=1S/C21H27N5O3/c1-6-9-25-15(4)10-17(16(25)5)11-18(12-22)21(28)29-13-20(27)24-19-7-8-23-26(19)14(2)3/h7-8,10-11,14H,6,9,13H2,1-5H3,(H,24,27)/b18-11+. The molecule has 1 N–H and O–H groups in total. The van der Waals surface area contributed by atoms with Gasteiger partial charge in [-0.1, -0.05) is 6.92 Å². The summed E-state index contributed by atoms with van der Waals surface area (Å²) in [5.74, 6) is -0.820. The summed E-state index contributed by atoms with van der Waals surface area (Å²) in [5.41, 5.74) is 2.67. The first kappa shape index (κ1) is 22.0. The van der Waals surface area contributed by atoms with Crippen molar-refractivity contribution < 1.29 is 14.3 Å². The Morgan fingerprint density at radius 2 is 2.10 bits per heavy atom. The van der Waals surface area contributed by atoms with Crippen molar-refractivity contribution in [1.29, 1.82) is 5.26 Å². The third kappa shape index (κ3) is 5.35. The number of carbonyl (C=O) groups is 2. The zero-order valence-corrected chi connectivity index (χ0v) is 17.5. The van der Waals surface area contributed by atoms with Gasteiger partial charge in [-0.25, -0.2) is 9.48 Å². The monoisotopic (exact) mass is 397 g/mol. The molecule has 0 spiro atoms. The summed E-state index contributed by atoms with van der Waals surface area (Å²) in [6, 6.07) is 5.52. The number of aryl methyl sites for hydroxylation is 1. The van der Waals surface area contributed by atoms with Crippen molar-refractivity contribution in [3.05, 3.63) is 40.9 Å². The number of ether oxygens (including phenoxy) is 1. The van der Waals surface area contributed by atoms with Gasteiger partial charge in [0.15, 0.2) is 6.61 Å². The highest BCUT2D eigenvalue weighted by molar-refractivity contribution is 6.00. The van der Waals surface area contributed by atoms with Gasteiger partial charge in [0.25, 0.3) is 5.91 Å². The van der Waals surface area contributed by atoms with E-state index in [-0.39, 0.29) is 11.6 Å². The summed E-state index contributed by atoms with van der Waals surface area (Å²) < 4.78 is 8.81. The number of rotatable bonds is 8. The Kier molecular flexibility index (Phi) is 7.37. The molecule has 0 aliphatic carbocycles. The molecule has 0 aliphatic heterocycles. The maximum absolute atomic E-state index is 12.3. The van der Waals surface area contributed by atoms with Gasteiger partial charge in [0.1, 0.15) is 17.5 Å². The lowest BCUT2D eigenvalue weighted by Gasteiger charge is -2.11. The zero-order valence-electron chi connectivity index (χ0n) is 17.5. The molecule has 0 bridgehead atoms. The summed E-state index contributed by atoms with van der Waals surface area (Å²) >= 11 is 0. The Labute approximate surface area is 170 Å². The van der Waals surface area contributed by atoms with Crippen LogP contribution in [0, 0.1) is 25.2 Å². The van der Waals surface area contributed by atoms with Crippen LogP contribution >= 0.6 is 0 Å². The van der Waals surface area contributed by atoms with Crippen molar-refractivity contribution in [3.63, 3.8) is 0 Å². The number of nitrogens with zero attached hydrogens (tertiary/aromatic N) is 4. The molecule has 0 aliphatic rings. The highest BCUT2D eigenvalue weighted by atomic mass is 16.5. The number of aromatic nitrogens is 3. The van der Waals surface area contributed by atoms with Gasteiger partial charge < -0.3 is 14.6 Å². The van der Waals surface area contributed by atoms with Crippen LogP contribution in [-0.2, 0) is 20.9 Å². The highest BCUT2D eigenvalue weighted by Gasteiger charge is 2.16. The van der Waals surface area contributed by atoms with E-state index >= 15 is 0 Å². The smallest absolute Gasteiger partial charge is 0.349 e. The van der Waals surface area contributed by atoms with Gasteiger partial charge in [-0.2, -0.15) is 10.4 Å². The fourth-order valence-corrected chi connectivity index (χ4v) is 3.05. The van der Waals surface area contributed by atoms with Gasteiger partial charge in [0.05, 0.1) is 6.20 Å². The molecule has 2 rings (SSSR count). The first-order valence-corrected chi connectivity index (χ1v) is 9.57. The van der Waals surface area contributed by atoms with Crippen LogP contribution in [0.25, 0.3) is 6.08 Å². The number of hydrogen-bond donors (Lipinski definition) is 1. The molecule has 0 unspecified atom stereocenters. The average molecular weight is 397 g/mol. The topological polar surface area (TPSA) is 102 Å². The van der Waals surface area contributed by atoms with E-state index in [0.29, 0.717) is 5.82 Å². The average Bonchev–Trinajstić information content (AvgIpc) is 3.24. The van der Waals surface area contributed by atoms with Crippen molar-refractivity contribution in [2.75, 3.05) is 11.9 Å². The number of nitrogens with one attached hydrogen (secondary N) is 1. The lowest BCUT2D eigenvalue weighted by Crippen LogP contribution is -2.23. The third-order valence-electron chi connectivity index (χ3n) is 4.46. The van der Waals surface area contributed by atoms with Crippen LogP contribution in [0.1, 0.15) is 50.2 Å². The molecule has 0 aromatic carbocycles. The lowest BCUT2D eigenvalue weighted by atomic mass is 10.1. The summed E-state index contributed by atoms with van der Waals surface area (Å²) in [5, 5.41) is 16.1. The van der Waals surface area contributed by atoms with Crippen molar-refractivity contribution in [1.82, 2.24) is 14.3 Å². The predicted octanol–water partition coefficient (Wildman–Crippen LogP) is 3.38. The van der Waals surface area contributed by atoms with Crippen molar-refractivity contribution in [2.24, 2.45) is 0 Å². The van der Waals surface area contributed by atoms with E-state index < -0.39 is 18.5 Å². The van der Waals surface area contributed by atoms with E-state index in [4.69, 9.17) is 4.74 Å². The van der Waals surface area contributed by atoms with Crippen molar-refractivity contribution >= 4 is 23.8 Å². The van der Waals surface area contributed by atoms with Crippen molar-refractivity contribution in [3.8, 4) is 6.07 Å². The summed E-state index contributed by atoms with van der Waals surface area (Å²) in [6.45, 7) is 10.3. The number of esters is 1. The molecule has 8 heteroatoms. The van der Waals surface area contributed by atoms with Crippen LogP contribution in [0.4, 0.5) is 5.82 Å².